The van der Waals surface area contributed by atoms with Crippen molar-refractivity contribution in [3.63, 3.8) is 0 Å². The Morgan fingerprint density at radius 2 is 2.16 bits per heavy atom. The molecule has 0 aliphatic heterocycles. The molecule has 1 unspecified atom stereocenters. The highest BCUT2D eigenvalue weighted by Crippen LogP contribution is 2.24. The number of benzene rings is 1. The van der Waals surface area contributed by atoms with Crippen molar-refractivity contribution in [2.24, 2.45) is 4.99 Å². The summed E-state index contributed by atoms with van der Waals surface area (Å²) >= 11 is 3.49. The summed E-state index contributed by atoms with van der Waals surface area (Å²) in [5, 5.41) is 14.6. The molecule has 0 aliphatic rings. The third-order valence-electron chi connectivity index (χ3n) is 3.60. The minimum absolute atomic E-state index is 0.00166. The van der Waals surface area contributed by atoms with E-state index in [-0.39, 0.29) is 6.10 Å². The molecule has 8 heteroatoms. The Hall–Kier alpha value is -2.09. The molecule has 1 atom stereocenters. The fraction of sp³-hybridized carbons (Fsp3) is 0.471. The van der Waals surface area contributed by atoms with E-state index in [1.807, 2.05) is 35.8 Å². The molecule has 0 amide bonds. The summed E-state index contributed by atoms with van der Waals surface area (Å²) in [5.41, 5.74) is 0. The van der Waals surface area contributed by atoms with Gasteiger partial charge in [-0.25, -0.2) is 0 Å². The molecule has 1 aromatic heterocycles. The van der Waals surface area contributed by atoms with E-state index in [0.717, 1.165) is 41.5 Å². The fourth-order valence-corrected chi connectivity index (χ4v) is 2.67. The van der Waals surface area contributed by atoms with Gasteiger partial charge in [-0.05, 0) is 35.0 Å². The van der Waals surface area contributed by atoms with Crippen molar-refractivity contribution in [1.82, 2.24) is 25.4 Å². The Balaban J connectivity index is 1.73. The summed E-state index contributed by atoms with van der Waals surface area (Å²) in [7, 11) is 1.75. The monoisotopic (exact) mass is 408 g/mol. The number of halogens is 1. The second kappa shape index (κ2) is 10.0. The lowest BCUT2D eigenvalue weighted by Gasteiger charge is -2.18. The average Bonchev–Trinajstić information content (AvgIpc) is 3.07. The number of guanidine groups is 1. The zero-order valence-corrected chi connectivity index (χ0v) is 16.5. The molecule has 0 saturated heterocycles. The molecule has 1 heterocycles. The van der Waals surface area contributed by atoms with Crippen LogP contribution in [-0.4, -0.2) is 47.0 Å². The van der Waals surface area contributed by atoms with E-state index in [9.17, 15) is 0 Å². The van der Waals surface area contributed by atoms with E-state index in [4.69, 9.17) is 4.74 Å². The van der Waals surface area contributed by atoms with Gasteiger partial charge >= 0.3 is 0 Å². The molecule has 25 heavy (non-hydrogen) atoms. The minimum atomic E-state index is 0.00166. The van der Waals surface area contributed by atoms with Crippen LogP contribution in [-0.2, 0) is 13.0 Å². The molecule has 2 aromatic rings. The van der Waals surface area contributed by atoms with Crippen LogP contribution >= 0.6 is 15.9 Å². The standard InChI is InChI=1S/C17H25BrN6O/c1-4-16-23-22-12-24(16)10-9-20-17(19-3)21-11-13(2)25-15-8-6-5-7-14(15)18/h5-8,12-13H,4,9-11H2,1-3H3,(H2,19,20,21). The molecular formula is C17H25BrN6O. The van der Waals surface area contributed by atoms with Crippen molar-refractivity contribution < 1.29 is 4.74 Å². The smallest absolute Gasteiger partial charge is 0.191 e. The second-order valence-electron chi connectivity index (χ2n) is 5.53. The van der Waals surface area contributed by atoms with Crippen LogP contribution < -0.4 is 15.4 Å². The summed E-state index contributed by atoms with van der Waals surface area (Å²) < 4.78 is 8.91. The molecule has 2 N–H and O–H groups in total. The van der Waals surface area contributed by atoms with Crippen LogP contribution in [0, 0.1) is 0 Å². The Morgan fingerprint density at radius 1 is 1.36 bits per heavy atom. The molecule has 0 aliphatic carbocycles. The summed E-state index contributed by atoms with van der Waals surface area (Å²) in [4.78, 5) is 4.24. The summed E-state index contributed by atoms with van der Waals surface area (Å²) in [6.45, 7) is 6.27. The topological polar surface area (TPSA) is 76.4 Å². The second-order valence-corrected chi connectivity index (χ2v) is 6.39. The first-order valence-corrected chi connectivity index (χ1v) is 9.15. The molecule has 2 rings (SSSR count). The van der Waals surface area contributed by atoms with E-state index < -0.39 is 0 Å². The average molecular weight is 409 g/mol. The highest BCUT2D eigenvalue weighted by Gasteiger charge is 2.08. The van der Waals surface area contributed by atoms with Crippen LogP contribution in [0.2, 0.25) is 0 Å². The van der Waals surface area contributed by atoms with Crippen molar-refractivity contribution in [3.8, 4) is 5.75 Å². The fourth-order valence-electron chi connectivity index (χ4n) is 2.29. The lowest BCUT2D eigenvalue weighted by molar-refractivity contribution is 0.222. The molecule has 0 radical (unpaired) electrons. The molecule has 0 fully saturated rings. The molecule has 7 nitrogen and oxygen atoms in total. The molecule has 0 bridgehead atoms. The van der Waals surface area contributed by atoms with Crippen molar-refractivity contribution in [1.29, 1.82) is 0 Å². The molecule has 0 saturated carbocycles. The number of rotatable bonds is 8. The number of aryl methyl sites for hydroxylation is 1. The van der Waals surface area contributed by atoms with Gasteiger partial charge < -0.3 is 19.9 Å². The summed E-state index contributed by atoms with van der Waals surface area (Å²) in [5.74, 6) is 2.56. The van der Waals surface area contributed by atoms with Crippen molar-refractivity contribution in [3.05, 3.63) is 40.9 Å². The van der Waals surface area contributed by atoms with Gasteiger partial charge in [-0.3, -0.25) is 4.99 Å². The van der Waals surface area contributed by atoms with Crippen LogP contribution in [0.1, 0.15) is 19.7 Å². The van der Waals surface area contributed by atoms with Gasteiger partial charge in [-0.1, -0.05) is 19.1 Å². The lowest BCUT2D eigenvalue weighted by Crippen LogP contribution is -2.42. The van der Waals surface area contributed by atoms with E-state index in [2.05, 4.69) is 48.7 Å². The predicted octanol–water partition coefficient (Wildman–Crippen LogP) is 2.24. The normalized spacial score (nSPS) is 12.7. The highest BCUT2D eigenvalue weighted by molar-refractivity contribution is 9.10. The van der Waals surface area contributed by atoms with Gasteiger partial charge in [0.25, 0.3) is 0 Å². The maximum atomic E-state index is 5.92. The van der Waals surface area contributed by atoms with Gasteiger partial charge in [-0.15, -0.1) is 10.2 Å². The Labute approximate surface area is 157 Å². The molecule has 136 valence electrons. The molecule has 1 aromatic carbocycles. The van der Waals surface area contributed by atoms with Crippen LogP contribution in [0.3, 0.4) is 0 Å². The van der Waals surface area contributed by atoms with Gasteiger partial charge in [0.2, 0.25) is 0 Å². The van der Waals surface area contributed by atoms with Crippen LogP contribution in [0.25, 0.3) is 0 Å². The van der Waals surface area contributed by atoms with Crippen LogP contribution in [0.4, 0.5) is 0 Å². The largest absolute Gasteiger partial charge is 0.488 e. The van der Waals surface area contributed by atoms with Gasteiger partial charge in [0.15, 0.2) is 5.96 Å². The summed E-state index contributed by atoms with van der Waals surface area (Å²) in [6.07, 6.45) is 2.63. The number of ether oxygens (including phenoxy) is 1. The van der Waals surface area contributed by atoms with Crippen LogP contribution in [0.15, 0.2) is 40.1 Å². The zero-order chi connectivity index (χ0) is 18.1. The highest BCUT2D eigenvalue weighted by atomic mass is 79.9. The number of hydrogen-bond acceptors (Lipinski definition) is 4. The number of aliphatic imine (C=N–C) groups is 1. The zero-order valence-electron chi connectivity index (χ0n) is 14.9. The number of para-hydroxylation sites is 1. The number of aromatic nitrogens is 3. The van der Waals surface area contributed by atoms with E-state index in [1.165, 1.54) is 0 Å². The molecule has 0 spiro atoms. The maximum absolute atomic E-state index is 5.92. The number of nitrogens with zero attached hydrogens (tertiary/aromatic N) is 4. The Kier molecular flexibility index (Phi) is 7.72. The first-order chi connectivity index (χ1) is 12.1. The quantitative estimate of drug-likeness (QED) is 0.517. The van der Waals surface area contributed by atoms with Gasteiger partial charge in [-0.2, -0.15) is 0 Å². The van der Waals surface area contributed by atoms with E-state index in [0.29, 0.717) is 6.54 Å². The third kappa shape index (κ3) is 6.04. The Bertz CT molecular complexity index is 687. The summed E-state index contributed by atoms with van der Waals surface area (Å²) in [6, 6.07) is 7.82. The molecular weight excluding hydrogens is 384 g/mol. The van der Waals surface area contributed by atoms with Crippen molar-refractivity contribution in [2.75, 3.05) is 20.1 Å². The number of nitrogens with one attached hydrogen (secondary N) is 2. The number of hydrogen-bond donors (Lipinski definition) is 2. The van der Waals surface area contributed by atoms with Crippen LogP contribution in [0.5, 0.6) is 5.75 Å². The Morgan fingerprint density at radius 3 is 2.88 bits per heavy atom. The van der Waals surface area contributed by atoms with Gasteiger partial charge in [0, 0.05) is 26.6 Å². The first-order valence-electron chi connectivity index (χ1n) is 8.36. The van der Waals surface area contributed by atoms with Gasteiger partial charge in [0.1, 0.15) is 24.0 Å². The van der Waals surface area contributed by atoms with Gasteiger partial charge in [0.05, 0.1) is 11.0 Å². The first kappa shape index (κ1) is 19.2. The van der Waals surface area contributed by atoms with E-state index in [1.54, 1.807) is 13.4 Å². The SMILES string of the molecule is CCc1nncn1CCNC(=NC)NCC(C)Oc1ccccc1Br. The minimum Gasteiger partial charge on any atom is -0.488 e. The predicted molar refractivity (Wildman–Crippen MR) is 103 cm³/mol. The van der Waals surface area contributed by atoms with E-state index >= 15 is 0 Å². The maximum Gasteiger partial charge on any atom is 0.191 e. The van der Waals surface area contributed by atoms with Crippen molar-refractivity contribution >= 4 is 21.9 Å². The van der Waals surface area contributed by atoms with Crippen molar-refractivity contribution in [2.45, 2.75) is 32.9 Å². The lowest BCUT2D eigenvalue weighted by atomic mass is 10.3. The third-order valence-corrected chi connectivity index (χ3v) is 4.26.